The molecule has 0 aliphatic carbocycles. The van der Waals surface area contributed by atoms with Gasteiger partial charge in [-0.15, -0.1) is 0 Å². The summed E-state index contributed by atoms with van der Waals surface area (Å²) >= 11 is 0. The first-order valence-electron chi connectivity index (χ1n) is 10.4. The topological polar surface area (TPSA) is 28.1 Å². The van der Waals surface area contributed by atoms with E-state index in [9.17, 15) is 0 Å². The summed E-state index contributed by atoms with van der Waals surface area (Å²) in [4.78, 5) is 2.37. The molecular weight excluding hydrogens is 370 g/mol. The van der Waals surface area contributed by atoms with Crippen molar-refractivity contribution in [3.8, 4) is 5.75 Å². The molecule has 0 aromatic heterocycles. The zero-order valence-electron chi connectivity index (χ0n) is 17.2. The van der Waals surface area contributed by atoms with Gasteiger partial charge >= 0.3 is 0 Å². The predicted molar refractivity (Wildman–Crippen MR) is 126 cm³/mol. The van der Waals surface area contributed by atoms with Crippen molar-refractivity contribution in [2.24, 2.45) is 5.10 Å². The number of fused-ring (bicyclic) bond motifs is 2. The van der Waals surface area contributed by atoms with E-state index in [4.69, 9.17) is 9.84 Å². The standard InChI is InChI=1S/C26H25N3O/c1-30-26-13-7-6-12-25(26)28-14-16-29(17-15-28)27-19-24-22-10-4-2-8-20(22)18-21-9-3-5-11-23(21)24/h2-13,18-19H,14-17H2,1H3. The Hall–Kier alpha value is -3.53. The van der Waals surface area contributed by atoms with Gasteiger partial charge in [0.25, 0.3) is 0 Å². The number of hydrogen-bond acceptors (Lipinski definition) is 4. The summed E-state index contributed by atoms with van der Waals surface area (Å²) in [5.41, 5.74) is 2.35. The molecule has 1 fully saturated rings. The van der Waals surface area contributed by atoms with Crippen LogP contribution in [0.1, 0.15) is 5.56 Å². The average Bonchev–Trinajstić information content (AvgIpc) is 2.82. The number of anilines is 1. The van der Waals surface area contributed by atoms with Crippen LogP contribution >= 0.6 is 0 Å². The Morgan fingerprint density at radius 1 is 0.767 bits per heavy atom. The van der Waals surface area contributed by atoms with Gasteiger partial charge in [-0.3, -0.25) is 5.01 Å². The van der Waals surface area contributed by atoms with E-state index in [1.165, 1.54) is 27.1 Å². The summed E-state index contributed by atoms with van der Waals surface area (Å²) in [6.07, 6.45) is 2.05. The summed E-state index contributed by atoms with van der Waals surface area (Å²) in [6.45, 7) is 3.62. The lowest BCUT2D eigenvalue weighted by atomic mass is 9.97. The summed E-state index contributed by atoms with van der Waals surface area (Å²) in [6, 6.07) is 27.6. The number of ether oxygens (including phenoxy) is 1. The van der Waals surface area contributed by atoms with Crippen molar-refractivity contribution >= 4 is 33.4 Å². The lowest BCUT2D eigenvalue weighted by Crippen LogP contribution is -2.44. The van der Waals surface area contributed by atoms with Gasteiger partial charge < -0.3 is 9.64 Å². The van der Waals surface area contributed by atoms with Gasteiger partial charge in [-0.1, -0.05) is 60.7 Å². The van der Waals surface area contributed by atoms with Gasteiger partial charge in [0.2, 0.25) is 0 Å². The molecule has 0 amide bonds. The number of hydrogen-bond donors (Lipinski definition) is 0. The molecular formula is C26H25N3O. The molecule has 4 heteroatoms. The van der Waals surface area contributed by atoms with Crippen LogP contribution in [0.4, 0.5) is 5.69 Å². The third-order valence-corrected chi connectivity index (χ3v) is 5.84. The van der Waals surface area contributed by atoms with Gasteiger partial charge in [-0.25, -0.2) is 0 Å². The van der Waals surface area contributed by atoms with Crippen LogP contribution < -0.4 is 9.64 Å². The van der Waals surface area contributed by atoms with Crippen molar-refractivity contribution in [1.29, 1.82) is 0 Å². The van der Waals surface area contributed by atoms with Crippen LogP contribution in [0.3, 0.4) is 0 Å². The Labute approximate surface area is 177 Å². The third kappa shape index (κ3) is 3.45. The van der Waals surface area contributed by atoms with Crippen LogP contribution in [-0.2, 0) is 0 Å². The maximum atomic E-state index is 5.53. The quantitative estimate of drug-likeness (QED) is 0.353. The normalized spacial score (nSPS) is 14.7. The minimum Gasteiger partial charge on any atom is -0.495 e. The van der Waals surface area contributed by atoms with Crippen molar-refractivity contribution in [1.82, 2.24) is 5.01 Å². The second-order valence-electron chi connectivity index (χ2n) is 7.59. The summed E-state index contributed by atoms with van der Waals surface area (Å²) in [5.74, 6) is 0.927. The summed E-state index contributed by atoms with van der Waals surface area (Å²) in [5, 5.41) is 12.0. The van der Waals surface area contributed by atoms with Gasteiger partial charge in [-0.05, 0) is 39.7 Å². The minimum absolute atomic E-state index is 0.886. The highest BCUT2D eigenvalue weighted by atomic mass is 16.5. The highest BCUT2D eigenvalue weighted by molar-refractivity contribution is 6.13. The Morgan fingerprint density at radius 3 is 2.03 bits per heavy atom. The number of para-hydroxylation sites is 2. The highest BCUT2D eigenvalue weighted by Crippen LogP contribution is 2.29. The number of benzene rings is 4. The van der Waals surface area contributed by atoms with E-state index in [0.29, 0.717) is 0 Å². The SMILES string of the molecule is COc1ccccc1N1CCN(N=Cc2c3ccccc3cc3ccccc23)CC1. The molecule has 4 aromatic carbocycles. The molecule has 0 saturated carbocycles. The Bertz CT molecular complexity index is 1160. The molecule has 1 aliphatic heterocycles. The monoisotopic (exact) mass is 395 g/mol. The smallest absolute Gasteiger partial charge is 0.142 e. The van der Waals surface area contributed by atoms with Gasteiger partial charge in [0.05, 0.1) is 32.1 Å². The average molecular weight is 396 g/mol. The number of methoxy groups -OCH3 is 1. The van der Waals surface area contributed by atoms with E-state index in [1.54, 1.807) is 7.11 Å². The molecule has 1 aliphatic rings. The van der Waals surface area contributed by atoms with Crippen molar-refractivity contribution in [2.75, 3.05) is 38.2 Å². The Balaban J connectivity index is 1.39. The second kappa shape index (κ2) is 8.07. The fourth-order valence-corrected chi connectivity index (χ4v) is 4.27. The summed E-state index contributed by atoms with van der Waals surface area (Å²) in [7, 11) is 1.73. The molecule has 4 aromatic rings. The minimum atomic E-state index is 0.886. The molecule has 0 N–H and O–H groups in total. The first-order chi connectivity index (χ1) is 14.8. The zero-order valence-corrected chi connectivity index (χ0v) is 17.2. The second-order valence-corrected chi connectivity index (χ2v) is 7.59. The summed E-state index contributed by atoms with van der Waals surface area (Å²) < 4.78 is 5.53. The van der Waals surface area contributed by atoms with Crippen molar-refractivity contribution < 1.29 is 4.74 Å². The maximum absolute atomic E-state index is 5.53. The molecule has 4 nitrogen and oxygen atoms in total. The zero-order chi connectivity index (χ0) is 20.3. The van der Waals surface area contributed by atoms with E-state index >= 15 is 0 Å². The van der Waals surface area contributed by atoms with Gasteiger partial charge in [-0.2, -0.15) is 5.10 Å². The molecule has 0 spiro atoms. The van der Waals surface area contributed by atoms with Crippen molar-refractivity contribution in [2.45, 2.75) is 0 Å². The molecule has 1 saturated heterocycles. The molecule has 0 radical (unpaired) electrons. The van der Waals surface area contributed by atoms with Crippen LogP contribution in [0.15, 0.2) is 84.0 Å². The van der Waals surface area contributed by atoms with Crippen LogP contribution in [0.5, 0.6) is 5.75 Å². The van der Waals surface area contributed by atoms with E-state index in [-0.39, 0.29) is 0 Å². The van der Waals surface area contributed by atoms with Crippen molar-refractivity contribution in [3.63, 3.8) is 0 Å². The lowest BCUT2D eigenvalue weighted by molar-refractivity contribution is 0.271. The van der Waals surface area contributed by atoms with Crippen LogP contribution in [0.25, 0.3) is 21.5 Å². The fraction of sp³-hybridized carbons (Fsp3) is 0.192. The van der Waals surface area contributed by atoms with E-state index in [1.807, 2.05) is 18.3 Å². The maximum Gasteiger partial charge on any atom is 0.142 e. The third-order valence-electron chi connectivity index (χ3n) is 5.84. The molecule has 1 heterocycles. The van der Waals surface area contributed by atoms with E-state index in [0.717, 1.165) is 37.6 Å². The molecule has 0 bridgehead atoms. The largest absolute Gasteiger partial charge is 0.495 e. The van der Waals surface area contributed by atoms with Crippen LogP contribution in [-0.4, -0.2) is 44.5 Å². The number of piperazine rings is 1. The first-order valence-corrected chi connectivity index (χ1v) is 10.4. The molecule has 150 valence electrons. The fourth-order valence-electron chi connectivity index (χ4n) is 4.27. The lowest BCUT2D eigenvalue weighted by Gasteiger charge is -2.35. The van der Waals surface area contributed by atoms with Gasteiger partial charge in [0, 0.05) is 18.7 Å². The highest BCUT2D eigenvalue weighted by Gasteiger charge is 2.18. The van der Waals surface area contributed by atoms with E-state index in [2.05, 4.69) is 76.6 Å². The number of rotatable bonds is 4. The molecule has 30 heavy (non-hydrogen) atoms. The van der Waals surface area contributed by atoms with Gasteiger partial charge in [0.1, 0.15) is 5.75 Å². The Kier molecular flexibility index (Phi) is 4.98. The molecule has 0 atom stereocenters. The number of hydrazone groups is 1. The number of nitrogens with zero attached hydrogens (tertiary/aromatic N) is 3. The predicted octanol–water partition coefficient (Wildman–Crippen LogP) is 5.16. The van der Waals surface area contributed by atoms with Gasteiger partial charge in [0.15, 0.2) is 0 Å². The van der Waals surface area contributed by atoms with E-state index < -0.39 is 0 Å². The molecule has 5 rings (SSSR count). The van der Waals surface area contributed by atoms with Crippen LogP contribution in [0, 0.1) is 0 Å². The first kappa shape index (κ1) is 18.5. The molecule has 0 unspecified atom stereocenters. The van der Waals surface area contributed by atoms with Crippen molar-refractivity contribution in [3.05, 3.63) is 84.4 Å². The Morgan fingerprint density at radius 2 is 1.37 bits per heavy atom. The van der Waals surface area contributed by atoms with Crippen LogP contribution in [0.2, 0.25) is 0 Å².